The maximum absolute atomic E-state index is 11.3. The summed E-state index contributed by atoms with van der Waals surface area (Å²) in [4.78, 5) is 11.3. The van der Waals surface area contributed by atoms with Crippen molar-refractivity contribution < 1.29 is 4.79 Å². The second kappa shape index (κ2) is 6.77. The Bertz CT molecular complexity index is 420. The summed E-state index contributed by atoms with van der Waals surface area (Å²) in [6.45, 7) is 5.25. The van der Waals surface area contributed by atoms with E-state index >= 15 is 0 Å². The number of nitrogens with zero attached hydrogens (tertiary/aromatic N) is 1. The maximum Gasteiger partial charge on any atom is 0.234 e. The molecule has 0 unspecified atom stereocenters. The zero-order valence-corrected chi connectivity index (χ0v) is 10.9. The molecule has 1 aromatic rings. The first kappa shape index (κ1) is 14.2. The predicted octanol–water partition coefficient (Wildman–Crippen LogP) is 1.19. The molecule has 0 radical (unpaired) electrons. The van der Waals surface area contributed by atoms with Crippen LogP contribution >= 0.6 is 0 Å². The number of benzene rings is 1. The summed E-state index contributed by atoms with van der Waals surface area (Å²) >= 11 is 0. The zero-order chi connectivity index (χ0) is 13.4. The number of carbonyl (C=O) groups excluding carboxylic acids is 1. The predicted molar refractivity (Wildman–Crippen MR) is 71.0 cm³/mol. The van der Waals surface area contributed by atoms with E-state index in [1.807, 2.05) is 24.3 Å². The summed E-state index contributed by atoms with van der Waals surface area (Å²) in [5.74, 6) is -0.152. The van der Waals surface area contributed by atoms with Gasteiger partial charge in [0.05, 0.1) is 12.6 Å². The monoisotopic (exact) mass is 245 g/mol. The number of amides is 1. The van der Waals surface area contributed by atoms with Gasteiger partial charge in [-0.05, 0) is 5.56 Å². The number of hydrogen-bond acceptors (Lipinski definition) is 3. The van der Waals surface area contributed by atoms with Crippen molar-refractivity contribution >= 4 is 5.91 Å². The normalized spacial score (nSPS) is 10.7. The fraction of sp³-hybridized carbons (Fsp3) is 0.429. The largest absolute Gasteiger partial charge is 0.342 e. The van der Waals surface area contributed by atoms with Crippen molar-refractivity contribution in [3.63, 3.8) is 0 Å². The zero-order valence-electron chi connectivity index (χ0n) is 10.9. The number of nitriles is 1. The topological polar surface area (TPSA) is 64.9 Å². The summed E-state index contributed by atoms with van der Waals surface area (Å²) < 4.78 is 0. The van der Waals surface area contributed by atoms with Crippen LogP contribution in [0.5, 0.6) is 0 Å². The van der Waals surface area contributed by atoms with Crippen LogP contribution in [0.1, 0.15) is 19.4 Å². The Labute approximate surface area is 108 Å². The van der Waals surface area contributed by atoms with E-state index in [9.17, 15) is 4.79 Å². The summed E-state index contributed by atoms with van der Waals surface area (Å²) in [5, 5.41) is 13.9. The lowest BCUT2D eigenvalue weighted by atomic mass is 9.85. The molecule has 1 aromatic carbocycles. The molecule has 0 spiro atoms. The molecule has 96 valence electrons. The lowest BCUT2D eigenvalue weighted by Crippen LogP contribution is -2.39. The van der Waals surface area contributed by atoms with Crippen LogP contribution in [-0.2, 0) is 10.2 Å². The Morgan fingerprint density at radius 2 is 2.00 bits per heavy atom. The highest BCUT2D eigenvalue weighted by atomic mass is 16.1. The van der Waals surface area contributed by atoms with Crippen LogP contribution in [0.25, 0.3) is 0 Å². The van der Waals surface area contributed by atoms with Gasteiger partial charge in [0.1, 0.15) is 6.54 Å². The molecule has 1 rings (SSSR count). The van der Waals surface area contributed by atoms with Gasteiger partial charge in [-0.25, -0.2) is 0 Å². The van der Waals surface area contributed by atoms with Crippen molar-refractivity contribution in [1.82, 2.24) is 10.6 Å². The smallest absolute Gasteiger partial charge is 0.234 e. The van der Waals surface area contributed by atoms with Crippen molar-refractivity contribution in [1.29, 1.82) is 5.26 Å². The summed E-state index contributed by atoms with van der Waals surface area (Å²) in [6.07, 6.45) is 0. The maximum atomic E-state index is 11.3. The minimum atomic E-state index is -0.152. The van der Waals surface area contributed by atoms with Crippen LogP contribution in [0, 0.1) is 11.3 Å². The average molecular weight is 245 g/mol. The molecule has 4 nitrogen and oxygen atoms in total. The summed E-state index contributed by atoms with van der Waals surface area (Å²) in [6, 6.07) is 12.0. The molecule has 0 aliphatic heterocycles. The van der Waals surface area contributed by atoms with E-state index in [-0.39, 0.29) is 24.4 Å². The number of rotatable bonds is 6. The fourth-order valence-corrected chi connectivity index (χ4v) is 1.68. The van der Waals surface area contributed by atoms with Gasteiger partial charge in [-0.2, -0.15) is 5.26 Å². The van der Waals surface area contributed by atoms with Gasteiger partial charge in [-0.15, -0.1) is 0 Å². The van der Waals surface area contributed by atoms with E-state index in [0.29, 0.717) is 6.54 Å². The molecule has 0 aliphatic rings. The number of carbonyl (C=O) groups is 1. The van der Waals surface area contributed by atoms with E-state index in [0.717, 1.165) is 0 Å². The average Bonchev–Trinajstić information content (AvgIpc) is 2.37. The van der Waals surface area contributed by atoms with Crippen molar-refractivity contribution in [2.75, 3.05) is 19.6 Å². The first-order valence-electron chi connectivity index (χ1n) is 5.96. The Morgan fingerprint density at radius 3 is 2.61 bits per heavy atom. The third-order valence-corrected chi connectivity index (χ3v) is 2.77. The highest BCUT2D eigenvalue weighted by Crippen LogP contribution is 2.21. The highest BCUT2D eigenvalue weighted by molar-refractivity contribution is 5.78. The molecule has 0 bridgehead atoms. The van der Waals surface area contributed by atoms with E-state index in [4.69, 9.17) is 5.26 Å². The molecule has 0 saturated heterocycles. The number of hydrogen-bond donors (Lipinski definition) is 2. The van der Waals surface area contributed by atoms with Crippen molar-refractivity contribution in [3.05, 3.63) is 35.9 Å². The quantitative estimate of drug-likeness (QED) is 0.740. The standard InChI is InChI=1S/C14H19N3O/c1-14(2,12-6-4-3-5-7-12)11-16-10-13(18)17-9-8-15/h3-7,16H,9-11H2,1-2H3,(H,17,18). The Balaban J connectivity index is 2.39. The molecule has 1 amide bonds. The Morgan fingerprint density at radius 1 is 1.33 bits per heavy atom. The molecular weight excluding hydrogens is 226 g/mol. The molecule has 4 heteroatoms. The van der Waals surface area contributed by atoms with Gasteiger partial charge in [-0.3, -0.25) is 4.79 Å². The van der Waals surface area contributed by atoms with Gasteiger partial charge in [-0.1, -0.05) is 44.2 Å². The first-order valence-corrected chi connectivity index (χ1v) is 5.96. The van der Waals surface area contributed by atoms with Crippen LogP contribution in [-0.4, -0.2) is 25.5 Å². The van der Waals surface area contributed by atoms with E-state index in [1.165, 1.54) is 5.56 Å². The van der Waals surface area contributed by atoms with Crippen LogP contribution in [0.4, 0.5) is 0 Å². The molecular formula is C14H19N3O. The SMILES string of the molecule is CC(C)(CNCC(=O)NCC#N)c1ccccc1. The van der Waals surface area contributed by atoms with Gasteiger partial charge in [0.2, 0.25) is 5.91 Å². The molecule has 18 heavy (non-hydrogen) atoms. The van der Waals surface area contributed by atoms with Crippen LogP contribution < -0.4 is 10.6 Å². The lowest BCUT2D eigenvalue weighted by molar-refractivity contribution is -0.120. The second-order valence-electron chi connectivity index (χ2n) is 4.79. The number of nitrogens with one attached hydrogen (secondary N) is 2. The minimum absolute atomic E-state index is 0.0310. The van der Waals surface area contributed by atoms with Crippen molar-refractivity contribution in [2.45, 2.75) is 19.3 Å². The molecule has 0 saturated carbocycles. The lowest BCUT2D eigenvalue weighted by Gasteiger charge is -2.25. The third-order valence-electron chi connectivity index (χ3n) is 2.77. The van der Waals surface area contributed by atoms with E-state index in [2.05, 4.69) is 36.6 Å². The van der Waals surface area contributed by atoms with E-state index in [1.54, 1.807) is 0 Å². The minimum Gasteiger partial charge on any atom is -0.342 e. The second-order valence-corrected chi connectivity index (χ2v) is 4.79. The van der Waals surface area contributed by atoms with Crippen LogP contribution in [0.15, 0.2) is 30.3 Å². The Kier molecular flexibility index (Phi) is 5.34. The Hall–Kier alpha value is -1.86. The summed E-state index contributed by atoms with van der Waals surface area (Å²) in [5.41, 5.74) is 1.20. The molecule has 0 fully saturated rings. The van der Waals surface area contributed by atoms with Crippen molar-refractivity contribution in [2.24, 2.45) is 0 Å². The van der Waals surface area contributed by atoms with Gasteiger partial charge < -0.3 is 10.6 Å². The molecule has 2 N–H and O–H groups in total. The van der Waals surface area contributed by atoms with Crippen molar-refractivity contribution in [3.8, 4) is 6.07 Å². The van der Waals surface area contributed by atoms with Gasteiger partial charge in [0.15, 0.2) is 0 Å². The summed E-state index contributed by atoms with van der Waals surface area (Å²) in [7, 11) is 0. The molecule has 0 aliphatic carbocycles. The van der Waals surface area contributed by atoms with E-state index < -0.39 is 0 Å². The molecule has 0 atom stereocenters. The third kappa shape index (κ3) is 4.56. The highest BCUT2D eigenvalue weighted by Gasteiger charge is 2.19. The van der Waals surface area contributed by atoms with Crippen LogP contribution in [0.2, 0.25) is 0 Å². The fourth-order valence-electron chi connectivity index (χ4n) is 1.68. The van der Waals surface area contributed by atoms with Crippen LogP contribution in [0.3, 0.4) is 0 Å². The first-order chi connectivity index (χ1) is 8.56. The molecule has 0 heterocycles. The van der Waals surface area contributed by atoms with Gasteiger partial charge >= 0.3 is 0 Å². The van der Waals surface area contributed by atoms with Gasteiger partial charge in [0.25, 0.3) is 0 Å². The van der Waals surface area contributed by atoms with Gasteiger partial charge in [0, 0.05) is 12.0 Å². The molecule has 0 aromatic heterocycles.